The first-order valence-electron chi connectivity index (χ1n) is 10.2. The first-order chi connectivity index (χ1) is 15.3. The van der Waals surface area contributed by atoms with Gasteiger partial charge in [0.25, 0.3) is 5.91 Å². The number of amides is 1. The average Bonchev–Trinajstić information content (AvgIpc) is 3.09. The lowest BCUT2D eigenvalue weighted by molar-refractivity contribution is 0.0390. The van der Waals surface area contributed by atoms with Crippen molar-refractivity contribution in [1.82, 2.24) is 4.90 Å². The number of nitrogens with one attached hydrogen (secondary N) is 1. The van der Waals surface area contributed by atoms with Crippen LogP contribution in [0.15, 0.2) is 36.4 Å². The predicted molar refractivity (Wildman–Crippen MR) is 127 cm³/mol. The number of aliphatic hydroxyl groups excluding tert-OH is 1. The van der Waals surface area contributed by atoms with Gasteiger partial charge in [-0.25, -0.2) is 8.78 Å². The van der Waals surface area contributed by atoms with Crippen molar-refractivity contribution in [3.63, 3.8) is 0 Å². The van der Waals surface area contributed by atoms with Crippen molar-refractivity contribution >= 4 is 27.9 Å². The largest absolute Gasteiger partial charge is 0.386 e. The molecule has 0 aliphatic rings. The summed E-state index contributed by atoms with van der Waals surface area (Å²) in [5, 5.41) is 23.8. The highest BCUT2D eigenvalue weighted by Crippen LogP contribution is 2.40. The van der Waals surface area contributed by atoms with Gasteiger partial charge in [0.2, 0.25) is 0 Å². The van der Waals surface area contributed by atoms with E-state index in [0.29, 0.717) is 10.7 Å². The van der Waals surface area contributed by atoms with Crippen LogP contribution in [0, 0.1) is 18.6 Å². The smallest absolute Gasteiger partial charge is 0.251 e. The van der Waals surface area contributed by atoms with E-state index in [1.165, 1.54) is 19.9 Å². The summed E-state index contributed by atoms with van der Waals surface area (Å²) in [6, 6.07) is 8.79. The molecule has 3 rings (SSSR count). The highest BCUT2D eigenvalue weighted by molar-refractivity contribution is 7.20. The minimum absolute atomic E-state index is 0.0930. The molecule has 33 heavy (non-hydrogen) atoms. The molecule has 2 aromatic carbocycles. The van der Waals surface area contributed by atoms with Crippen LogP contribution in [0.2, 0.25) is 0 Å². The second-order valence-electron chi connectivity index (χ2n) is 8.63. The fourth-order valence-electron chi connectivity index (χ4n) is 3.40. The molecule has 1 atom stereocenters. The van der Waals surface area contributed by atoms with Crippen LogP contribution in [0.5, 0.6) is 0 Å². The third-order valence-corrected chi connectivity index (χ3v) is 6.36. The zero-order valence-electron chi connectivity index (χ0n) is 19.0. The fourth-order valence-corrected chi connectivity index (χ4v) is 4.54. The van der Waals surface area contributed by atoms with Gasteiger partial charge in [0, 0.05) is 10.6 Å². The summed E-state index contributed by atoms with van der Waals surface area (Å²) in [4.78, 5) is 13.9. The van der Waals surface area contributed by atoms with Gasteiger partial charge in [-0.2, -0.15) is 0 Å². The van der Waals surface area contributed by atoms with E-state index in [0.717, 1.165) is 34.6 Å². The number of benzene rings is 2. The second-order valence-corrected chi connectivity index (χ2v) is 9.68. The highest BCUT2D eigenvalue weighted by Gasteiger charge is 2.24. The number of carbonyl (C=O) groups is 1. The predicted octanol–water partition coefficient (Wildman–Crippen LogP) is 4.62. The van der Waals surface area contributed by atoms with E-state index in [-0.39, 0.29) is 21.6 Å². The van der Waals surface area contributed by atoms with E-state index in [4.69, 9.17) is 5.73 Å². The first-order valence-corrected chi connectivity index (χ1v) is 11.0. The van der Waals surface area contributed by atoms with Gasteiger partial charge in [-0.1, -0.05) is 6.07 Å². The lowest BCUT2D eigenvalue weighted by Crippen LogP contribution is -2.20. The second kappa shape index (κ2) is 9.18. The molecule has 1 amide bonds. The minimum atomic E-state index is -1.41. The van der Waals surface area contributed by atoms with Gasteiger partial charge in [0.15, 0.2) is 0 Å². The van der Waals surface area contributed by atoms with Crippen molar-refractivity contribution < 1.29 is 23.8 Å². The molecule has 6 nitrogen and oxygen atoms in total. The molecule has 0 aliphatic heterocycles. The number of aryl methyl sites for hydroxylation is 1. The molecule has 1 aromatic heterocycles. The third kappa shape index (κ3) is 5.22. The Morgan fingerprint density at radius 1 is 1.15 bits per heavy atom. The van der Waals surface area contributed by atoms with Crippen LogP contribution < -0.4 is 11.1 Å². The van der Waals surface area contributed by atoms with Crippen molar-refractivity contribution in [3.8, 4) is 10.4 Å². The molecule has 1 unspecified atom stereocenters. The summed E-state index contributed by atoms with van der Waals surface area (Å²) in [6.45, 7) is 4.71. The molecular weight excluding hydrogens is 448 g/mol. The van der Waals surface area contributed by atoms with Gasteiger partial charge in [-0.15, -0.1) is 11.3 Å². The Balaban J connectivity index is 2.01. The summed E-state index contributed by atoms with van der Waals surface area (Å²) < 4.78 is 29.7. The van der Waals surface area contributed by atoms with E-state index >= 15 is 0 Å². The molecule has 0 radical (unpaired) electrons. The molecular formula is C24H27F2N3O3S. The maximum atomic E-state index is 14.8. The maximum absolute atomic E-state index is 14.8. The molecule has 176 valence electrons. The van der Waals surface area contributed by atoms with Crippen LogP contribution in [-0.4, -0.2) is 35.1 Å². The lowest BCUT2D eigenvalue weighted by atomic mass is 9.96. The van der Waals surface area contributed by atoms with Crippen LogP contribution in [-0.2, 0) is 5.60 Å². The molecule has 1 heterocycles. The summed E-state index contributed by atoms with van der Waals surface area (Å²) in [7, 11) is 3.52. The highest BCUT2D eigenvalue weighted by atomic mass is 32.1. The number of thiophene rings is 1. The normalized spacial score (nSPS) is 12.8. The number of anilines is 2. The van der Waals surface area contributed by atoms with Crippen molar-refractivity contribution in [2.24, 2.45) is 5.73 Å². The Kier molecular flexibility index (Phi) is 6.90. The van der Waals surface area contributed by atoms with Gasteiger partial charge in [-0.05, 0) is 81.9 Å². The zero-order chi connectivity index (χ0) is 24.7. The van der Waals surface area contributed by atoms with Gasteiger partial charge in [-0.3, -0.25) is 9.69 Å². The quantitative estimate of drug-likeness (QED) is 0.374. The van der Waals surface area contributed by atoms with E-state index in [9.17, 15) is 23.8 Å². The van der Waals surface area contributed by atoms with Gasteiger partial charge in [0.05, 0.1) is 16.7 Å². The van der Waals surface area contributed by atoms with Crippen molar-refractivity contribution in [3.05, 3.63) is 70.3 Å². The summed E-state index contributed by atoms with van der Waals surface area (Å²) >= 11 is 0.987. The molecule has 0 bridgehead atoms. The van der Waals surface area contributed by atoms with Crippen LogP contribution in [0.4, 0.5) is 19.5 Å². The Morgan fingerprint density at radius 2 is 1.76 bits per heavy atom. The lowest BCUT2D eigenvalue weighted by Gasteiger charge is -2.21. The number of halogens is 2. The van der Waals surface area contributed by atoms with Crippen LogP contribution in [0.25, 0.3) is 10.4 Å². The molecule has 0 aliphatic carbocycles. The number of nitrogens with two attached hydrogens (primary N) is 1. The van der Waals surface area contributed by atoms with Crippen molar-refractivity contribution in [2.75, 3.05) is 19.4 Å². The van der Waals surface area contributed by atoms with Gasteiger partial charge < -0.3 is 21.3 Å². The van der Waals surface area contributed by atoms with Crippen molar-refractivity contribution in [1.29, 1.82) is 0 Å². The summed E-state index contributed by atoms with van der Waals surface area (Å²) in [6.07, 6.45) is -0.772. The van der Waals surface area contributed by atoms with Gasteiger partial charge in [0.1, 0.15) is 22.9 Å². The molecule has 0 saturated heterocycles. The molecule has 0 saturated carbocycles. The zero-order valence-corrected chi connectivity index (χ0v) is 19.8. The monoisotopic (exact) mass is 475 g/mol. The van der Waals surface area contributed by atoms with E-state index in [2.05, 4.69) is 5.32 Å². The van der Waals surface area contributed by atoms with Crippen LogP contribution in [0.3, 0.4) is 0 Å². The Hall–Kier alpha value is -2.85. The van der Waals surface area contributed by atoms with Crippen LogP contribution >= 0.6 is 11.3 Å². The Labute approximate surface area is 195 Å². The van der Waals surface area contributed by atoms with E-state index in [1.807, 2.05) is 6.92 Å². The first kappa shape index (κ1) is 24.8. The SMILES string of the molecule is Cc1cc(Nc2sc(-c3c(F)cc(C(C)(C)O)cc3F)cc2C(N)=O)ccc1C(O)N(C)C. The Bertz CT molecular complexity index is 1180. The molecule has 0 fully saturated rings. The summed E-state index contributed by atoms with van der Waals surface area (Å²) in [5.41, 5.74) is 6.16. The summed E-state index contributed by atoms with van der Waals surface area (Å²) in [5.74, 6) is -2.45. The average molecular weight is 476 g/mol. The van der Waals surface area contributed by atoms with E-state index in [1.54, 1.807) is 37.2 Å². The number of rotatable bonds is 7. The standard InChI is InChI=1S/C24H27F2N3O3S/c1-12-8-14(6-7-15(12)23(31)29(4)5)28-22-16(21(27)30)11-19(33-22)20-17(25)9-13(10-18(20)26)24(2,3)32/h6-11,23,28,31-32H,1-5H3,(H2,27,30). The van der Waals surface area contributed by atoms with Crippen LogP contribution in [0.1, 0.15) is 47.1 Å². The number of carbonyl (C=O) groups excluding carboxylic acids is 1. The fraction of sp³-hybridized carbons (Fsp3) is 0.292. The minimum Gasteiger partial charge on any atom is -0.386 e. The number of hydrogen-bond donors (Lipinski definition) is 4. The maximum Gasteiger partial charge on any atom is 0.251 e. The molecule has 0 spiro atoms. The number of hydrogen-bond acceptors (Lipinski definition) is 6. The number of nitrogens with zero attached hydrogens (tertiary/aromatic N) is 1. The topological polar surface area (TPSA) is 98.8 Å². The van der Waals surface area contributed by atoms with Gasteiger partial charge >= 0.3 is 0 Å². The molecule has 3 aromatic rings. The third-order valence-electron chi connectivity index (χ3n) is 5.29. The van der Waals surface area contributed by atoms with Crippen molar-refractivity contribution in [2.45, 2.75) is 32.6 Å². The molecule has 9 heteroatoms. The number of aliphatic hydroxyl groups is 2. The molecule has 5 N–H and O–H groups in total. The van der Waals surface area contributed by atoms with E-state index < -0.39 is 29.4 Å². The number of primary amides is 1. The Morgan fingerprint density at radius 3 is 2.24 bits per heavy atom.